The summed E-state index contributed by atoms with van der Waals surface area (Å²) >= 11 is 3.48. The number of amides is 2. The second-order valence-corrected chi connectivity index (χ2v) is 13.1. The van der Waals surface area contributed by atoms with Crippen LogP contribution in [0.1, 0.15) is 43.7 Å². The van der Waals surface area contributed by atoms with Crippen LogP contribution in [0.4, 0.5) is 10.6 Å². The Morgan fingerprint density at radius 3 is 2.55 bits per heavy atom. The number of pyridine rings is 1. The Morgan fingerprint density at radius 1 is 1.02 bits per heavy atom. The maximum Gasteiger partial charge on any atom is 0.325 e. The van der Waals surface area contributed by atoms with Crippen LogP contribution in [-0.4, -0.2) is 55.1 Å². The van der Waals surface area contributed by atoms with Gasteiger partial charge < -0.3 is 14.4 Å². The molecule has 2 amide bonds. The second-order valence-electron chi connectivity index (χ2n) is 10.4. The summed E-state index contributed by atoms with van der Waals surface area (Å²) in [6, 6.07) is 15.7. The zero-order valence-electron chi connectivity index (χ0n) is 24.0. The fourth-order valence-electron chi connectivity index (χ4n) is 5.08. The van der Waals surface area contributed by atoms with E-state index in [4.69, 9.17) is 9.47 Å². The molecule has 222 valence electrons. The Labute approximate surface area is 255 Å². The van der Waals surface area contributed by atoms with Gasteiger partial charge >= 0.3 is 6.03 Å². The monoisotopic (exact) mass is 654 g/mol. The Morgan fingerprint density at radius 2 is 1.81 bits per heavy atom. The molecule has 1 aliphatic heterocycles. The third-order valence-corrected chi connectivity index (χ3v) is 9.54. The Bertz CT molecular complexity index is 1690. The van der Waals surface area contributed by atoms with Crippen LogP contribution in [0.3, 0.4) is 0 Å². The van der Waals surface area contributed by atoms with Crippen molar-refractivity contribution in [3.8, 4) is 11.6 Å². The van der Waals surface area contributed by atoms with Crippen LogP contribution in [0.25, 0.3) is 10.9 Å². The molecule has 2 aromatic carbocycles. The Balaban J connectivity index is 1.43. The van der Waals surface area contributed by atoms with Gasteiger partial charge in [-0.15, -0.1) is 0 Å². The van der Waals surface area contributed by atoms with E-state index in [2.05, 4.69) is 27.8 Å². The van der Waals surface area contributed by atoms with E-state index in [1.165, 1.54) is 3.97 Å². The van der Waals surface area contributed by atoms with Crippen LogP contribution < -0.4 is 14.4 Å². The number of rotatable bonds is 11. The highest BCUT2D eigenvalue weighted by atomic mass is 79.9. The number of methoxy groups -OCH3 is 1. The van der Waals surface area contributed by atoms with Crippen molar-refractivity contribution in [2.75, 3.05) is 31.7 Å². The molecule has 4 aromatic rings. The second kappa shape index (κ2) is 12.7. The zero-order valence-corrected chi connectivity index (χ0v) is 26.4. The van der Waals surface area contributed by atoms with Gasteiger partial charge in [-0.3, -0.25) is 4.90 Å². The molecule has 0 N–H and O–H groups in total. The summed E-state index contributed by atoms with van der Waals surface area (Å²) in [5.41, 5.74) is 2.26. The molecule has 1 aliphatic rings. The van der Waals surface area contributed by atoms with Crippen molar-refractivity contribution in [2.45, 2.75) is 51.0 Å². The summed E-state index contributed by atoms with van der Waals surface area (Å²) in [5.74, 6) is 1.38. The number of hydrogen-bond acceptors (Lipinski definition) is 6. The van der Waals surface area contributed by atoms with Gasteiger partial charge in [0.05, 0.1) is 24.1 Å². The maximum atomic E-state index is 13.7. The van der Waals surface area contributed by atoms with Crippen molar-refractivity contribution < 1.29 is 22.7 Å². The smallest absolute Gasteiger partial charge is 0.325 e. The number of fused-ring (bicyclic) bond motifs is 1. The van der Waals surface area contributed by atoms with E-state index in [9.17, 15) is 13.2 Å². The fraction of sp³-hybridized carbons (Fsp3) is 0.355. The largest absolute Gasteiger partial charge is 0.491 e. The molecule has 1 saturated heterocycles. The number of anilines is 1. The van der Waals surface area contributed by atoms with Gasteiger partial charge in [0, 0.05) is 35.7 Å². The predicted octanol–water partition coefficient (Wildman–Crippen LogP) is 6.75. The maximum absolute atomic E-state index is 13.7. The van der Waals surface area contributed by atoms with Crippen LogP contribution in [0.15, 0.2) is 70.2 Å². The van der Waals surface area contributed by atoms with Crippen LogP contribution in [0.5, 0.6) is 11.6 Å². The SMILES string of the molecule is CCCCCOc1nc(N2CCCN(Cc3cn(S(=O)(=O)c4ccc(C)cc4)c4cc(Br)ccc34)C2=O)ccc1OC. The number of urea groups is 1. The van der Waals surface area contributed by atoms with Crippen molar-refractivity contribution in [1.82, 2.24) is 13.9 Å². The summed E-state index contributed by atoms with van der Waals surface area (Å²) in [7, 11) is -2.30. The van der Waals surface area contributed by atoms with Gasteiger partial charge in [0.2, 0.25) is 0 Å². The third kappa shape index (κ3) is 6.12. The van der Waals surface area contributed by atoms with E-state index in [0.29, 0.717) is 42.7 Å². The number of aryl methyl sites for hydroxylation is 1. The summed E-state index contributed by atoms with van der Waals surface area (Å²) < 4.78 is 40.8. The summed E-state index contributed by atoms with van der Waals surface area (Å²) in [6.07, 6.45) is 5.41. The molecule has 0 bridgehead atoms. The number of hydrogen-bond donors (Lipinski definition) is 0. The number of benzene rings is 2. The molecular weight excluding hydrogens is 620 g/mol. The predicted molar refractivity (Wildman–Crippen MR) is 167 cm³/mol. The lowest BCUT2D eigenvalue weighted by Gasteiger charge is -2.35. The lowest BCUT2D eigenvalue weighted by molar-refractivity contribution is 0.192. The summed E-state index contributed by atoms with van der Waals surface area (Å²) in [6.45, 7) is 5.87. The molecule has 0 radical (unpaired) electrons. The van der Waals surface area contributed by atoms with Crippen molar-refractivity contribution >= 4 is 48.7 Å². The van der Waals surface area contributed by atoms with E-state index in [0.717, 1.165) is 46.7 Å². The van der Waals surface area contributed by atoms with Gasteiger partial charge in [-0.1, -0.05) is 59.5 Å². The molecule has 11 heteroatoms. The van der Waals surface area contributed by atoms with Crippen LogP contribution >= 0.6 is 15.9 Å². The van der Waals surface area contributed by atoms with Gasteiger partial charge in [0.15, 0.2) is 5.75 Å². The minimum absolute atomic E-state index is 0.199. The van der Waals surface area contributed by atoms with Gasteiger partial charge in [-0.25, -0.2) is 17.2 Å². The average Bonchev–Trinajstić information content (AvgIpc) is 3.34. The molecule has 3 heterocycles. The highest BCUT2D eigenvalue weighted by Gasteiger charge is 2.30. The molecule has 0 saturated carbocycles. The first kappa shape index (κ1) is 29.9. The molecule has 0 aliphatic carbocycles. The van der Waals surface area contributed by atoms with Gasteiger partial charge in [0.1, 0.15) is 5.82 Å². The number of aromatic nitrogens is 2. The number of halogens is 1. The summed E-state index contributed by atoms with van der Waals surface area (Å²) in [4.78, 5) is 22.0. The van der Waals surface area contributed by atoms with Gasteiger partial charge in [0.25, 0.3) is 15.9 Å². The molecule has 42 heavy (non-hydrogen) atoms. The molecule has 0 unspecified atom stereocenters. The first-order valence-electron chi connectivity index (χ1n) is 14.1. The number of nitrogens with zero attached hydrogens (tertiary/aromatic N) is 4. The first-order chi connectivity index (χ1) is 20.2. The Hall–Kier alpha value is -3.57. The van der Waals surface area contributed by atoms with Crippen LogP contribution in [-0.2, 0) is 16.6 Å². The topological polar surface area (TPSA) is 94.0 Å². The van der Waals surface area contributed by atoms with E-state index in [-0.39, 0.29) is 17.5 Å². The highest BCUT2D eigenvalue weighted by molar-refractivity contribution is 9.10. The molecule has 1 fully saturated rings. The Kier molecular flexibility index (Phi) is 9.08. The minimum atomic E-state index is -3.86. The standard InChI is InChI=1S/C31H35BrN4O5S/c1-4-5-6-18-41-30-28(40-3)14-15-29(33-30)35-17-7-16-34(31(35)37)20-23-21-36(27-19-24(32)10-13-26(23)27)42(38,39)25-11-8-22(2)9-12-25/h8-15,19,21H,4-7,16-18,20H2,1-3H3. The number of carbonyl (C=O) groups excluding carboxylic acids is 1. The van der Waals surface area contributed by atoms with Crippen LogP contribution in [0.2, 0.25) is 0 Å². The molecule has 5 rings (SSSR count). The van der Waals surface area contributed by atoms with Crippen molar-refractivity contribution in [2.24, 2.45) is 0 Å². The normalized spacial score (nSPS) is 14.0. The number of carbonyl (C=O) groups is 1. The molecular formula is C31H35BrN4O5S. The van der Waals surface area contributed by atoms with E-state index < -0.39 is 10.0 Å². The van der Waals surface area contributed by atoms with E-state index in [1.54, 1.807) is 65.6 Å². The molecule has 2 aromatic heterocycles. The van der Waals surface area contributed by atoms with Gasteiger partial charge in [-0.05, 0) is 61.7 Å². The molecule has 0 atom stereocenters. The lowest BCUT2D eigenvalue weighted by Crippen LogP contribution is -2.49. The zero-order chi connectivity index (χ0) is 29.9. The van der Waals surface area contributed by atoms with Crippen molar-refractivity contribution in [3.63, 3.8) is 0 Å². The number of unbranched alkanes of at least 4 members (excludes halogenated alkanes) is 2. The highest BCUT2D eigenvalue weighted by Crippen LogP contribution is 2.32. The third-order valence-electron chi connectivity index (χ3n) is 7.36. The van der Waals surface area contributed by atoms with E-state index in [1.807, 2.05) is 19.1 Å². The van der Waals surface area contributed by atoms with E-state index >= 15 is 0 Å². The van der Waals surface area contributed by atoms with Crippen LogP contribution in [0, 0.1) is 6.92 Å². The van der Waals surface area contributed by atoms with Crippen molar-refractivity contribution in [3.05, 3.63) is 76.4 Å². The first-order valence-corrected chi connectivity index (χ1v) is 16.3. The average molecular weight is 656 g/mol. The number of ether oxygens (including phenoxy) is 2. The molecule has 0 spiro atoms. The fourth-order valence-corrected chi connectivity index (χ4v) is 6.81. The van der Waals surface area contributed by atoms with Gasteiger partial charge in [-0.2, -0.15) is 4.98 Å². The lowest BCUT2D eigenvalue weighted by atomic mass is 10.1. The summed E-state index contributed by atoms with van der Waals surface area (Å²) in [5, 5.41) is 0.768. The van der Waals surface area contributed by atoms with Crippen molar-refractivity contribution in [1.29, 1.82) is 0 Å². The molecule has 9 nitrogen and oxygen atoms in total. The quantitative estimate of drug-likeness (QED) is 0.166. The minimum Gasteiger partial charge on any atom is -0.491 e.